The molecule has 0 aromatic heterocycles. The van der Waals surface area contributed by atoms with E-state index in [0.29, 0.717) is 12.1 Å². The molecule has 0 amide bonds. The first-order valence-electron chi connectivity index (χ1n) is 6.79. The molecular weight excluding hydrogens is 254 g/mol. The van der Waals surface area contributed by atoms with Crippen LogP contribution >= 0.6 is 12.4 Å². The van der Waals surface area contributed by atoms with Crippen LogP contribution in [0.25, 0.3) is 0 Å². The van der Waals surface area contributed by atoms with Crippen LogP contribution in [0.15, 0.2) is 60.7 Å². The molecule has 19 heavy (non-hydrogen) atoms. The van der Waals surface area contributed by atoms with Crippen molar-refractivity contribution >= 4 is 12.4 Å². The van der Waals surface area contributed by atoms with Crippen molar-refractivity contribution in [2.24, 2.45) is 0 Å². The molecule has 1 nitrogen and oxygen atoms in total. The average molecular weight is 274 g/mol. The predicted molar refractivity (Wildman–Crippen MR) is 82.6 cm³/mol. The number of benzene rings is 2. The highest BCUT2D eigenvalue weighted by atomic mass is 35.5. The Morgan fingerprint density at radius 1 is 0.684 bits per heavy atom. The van der Waals surface area contributed by atoms with Crippen molar-refractivity contribution in [3.05, 3.63) is 71.8 Å². The summed E-state index contributed by atoms with van der Waals surface area (Å²) in [5.74, 6) is 0. The third kappa shape index (κ3) is 3.37. The molecule has 1 aliphatic rings. The van der Waals surface area contributed by atoms with Gasteiger partial charge in [-0.2, -0.15) is 0 Å². The van der Waals surface area contributed by atoms with Gasteiger partial charge in [0.1, 0.15) is 0 Å². The molecular formula is C17H20ClN. The molecule has 100 valence electrons. The van der Waals surface area contributed by atoms with Gasteiger partial charge in [-0.1, -0.05) is 60.7 Å². The van der Waals surface area contributed by atoms with E-state index in [1.54, 1.807) is 0 Å². The summed E-state index contributed by atoms with van der Waals surface area (Å²) in [5.41, 5.74) is 2.83. The lowest BCUT2D eigenvalue weighted by atomic mass is 9.90. The van der Waals surface area contributed by atoms with Gasteiger partial charge >= 0.3 is 0 Å². The van der Waals surface area contributed by atoms with Crippen molar-refractivity contribution in [2.75, 3.05) is 0 Å². The molecule has 0 aliphatic carbocycles. The molecule has 2 aromatic rings. The van der Waals surface area contributed by atoms with Gasteiger partial charge in [0.25, 0.3) is 0 Å². The highest BCUT2D eigenvalue weighted by Gasteiger charge is 2.22. The molecule has 2 unspecified atom stereocenters. The highest BCUT2D eigenvalue weighted by Crippen LogP contribution is 2.32. The zero-order valence-corrected chi connectivity index (χ0v) is 11.8. The number of hydrogen-bond acceptors (Lipinski definition) is 1. The van der Waals surface area contributed by atoms with E-state index < -0.39 is 0 Å². The van der Waals surface area contributed by atoms with E-state index in [2.05, 4.69) is 66.0 Å². The van der Waals surface area contributed by atoms with Crippen molar-refractivity contribution in [2.45, 2.75) is 31.3 Å². The SMILES string of the molecule is Cl.c1ccc(C2CCCC(c3ccccc3)N2)cc1. The topological polar surface area (TPSA) is 12.0 Å². The van der Waals surface area contributed by atoms with E-state index in [-0.39, 0.29) is 12.4 Å². The lowest BCUT2D eigenvalue weighted by Gasteiger charge is -2.31. The molecule has 3 rings (SSSR count). The quantitative estimate of drug-likeness (QED) is 0.839. The maximum Gasteiger partial charge on any atom is 0.0325 e. The first-order chi connectivity index (χ1) is 8.93. The smallest absolute Gasteiger partial charge is 0.0325 e. The maximum atomic E-state index is 3.79. The van der Waals surface area contributed by atoms with Crippen molar-refractivity contribution < 1.29 is 0 Å². The summed E-state index contributed by atoms with van der Waals surface area (Å²) in [6.45, 7) is 0. The van der Waals surface area contributed by atoms with Crippen molar-refractivity contribution in [3.63, 3.8) is 0 Å². The summed E-state index contributed by atoms with van der Waals surface area (Å²) >= 11 is 0. The van der Waals surface area contributed by atoms with Crippen molar-refractivity contribution in [1.82, 2.24) is 5.32 Å². The van der Waals surface area contributed by atoms with Crippen LogP contribution in [0.3, 0.4) is 0 Å². The normalized spacial score (nSPS) is 22.5. The second-order valence-corrected chi connectivity index (χ2v) is 5.02. The van der Waals surface area contributed by atoms with Crippen molar-refractivity contribution in [1.29, 1.82) is 0 Å². The third-order valence-electron chi connectivity index (χ3n) is 3.79. The van der Waals surface area contributed by atoms with E-state index in [4.69, 9.17) is 0 Å². The number of piperidine rings is 1. The molecule has 1 N–H and O–H groups in total. The molecule has 0 saturated carbocycles. The largest absolute Gasteiger partial charge is 0.303 e. The Morgan fingerprint density at radius 3 is 1.53 bits per heavy atom. The van der Waals surface area contributed by atoms with Gasteiger partial charge < -0.3 is 5.32 Å². The van der Waals surface area contributed by atoms with E-state index in [1.165, 1.54) is 30.4 Å². The van der Waals surface area contributed by atoms with Gasteiger partial charge in [-0.05, 0) is 30.4 Å². The van der Waals surface area contributed by atoms with Gasteiger partial charge in [0.05, 0.1) is 0 Å². The summed E-state index contributed by atoms with van der Waals surface area (Å²) < 4.78 is 0. The minimum atomic E-state index is 0. The van der Waals surface area contributed by atoms with Gasteiger partial charge in [-0.3, -0.25) is 0 Å². The van der Waals surface area contributed by atoms with Gasteiger partial charge in [-0.15, -0.1) is 12.4 Å². The Bertz CT molecular complexity index is 438. The molecule has 2 aromatic carbocycles. The zero-order valence-electron chi connectivity index (χ0n) is 11.0. The predicted octanol–water partition coefficient (Wildman–Crippen LogP) is 4.66. The molecule has 1 saturated heterocycles. The van der Waals surface area contributed by atoms with Crippen LogP contribution in [0.1, 0.15) is 42.5 Å². The number of hydrogen-bond donors (Lipinski definition) is 1. The molecule has 0 spiro atoms. The average Bonchev–Trinajstić information content (AvgIpc) is 2.49. The maximum absolute atomic E-state index is 3.79. The Kier molecular flexibility index (Phi) is 5.00. The van der Waals surface area contributed by atoms with Gasteiger partial charge in [0.2, 0.25) is 0 Å². The van der Waals surface area contributed by atoms with Crippen LogP contribution in [0, 0.1) is 0 Å². The summed E-state index contributed by atoms with van der Waals surface area (Å²) in [5, 5.41) is 3.79. The summed E-state index contributed by atoms with van der Waals surface area (Å²) in [4.78, 5) is 0. The van der Waals surface area contributed by atoms with Crippen LogP contribution < -0.4 is 5.32 Å². The summed E-state index contributed by atoms with van der Waals surface area (Å²) in [6, 6.07) is 22.6. The molecule has 1 aliphatic heterocycles. The molecule has 2 atom stereocenters. The van der Waals surface area contributed by atoms with Crippen LogP contribution in [-0.2, 0) is 0 Å². The molecule has 2 heteroatoms. The van der Waals surface area contributed by atoms with Gasteiger partial charge in [-0.25, -0.2) is 0 Å². The zero-order chi connectivity index (χ0) is 12.2. The standard InChI is InChI=1S/C17H19N.ClH/c1-3-8-14(9-4-1)16-12-7-13-17(18-16)15-10-5-2-6-11-15;/h1-6,8-11,16-18H,7,12-13H2;1H. The number of nitrogens with one attached hydrogen (secondary N) is 1. The van der Waals surface area contributed by atoms with Crippen LogP contribution in [-0.4, -0.2) is 0 Å². The minimum Gasteiger partial charge on any atom is -0.303 e. The lowest BCUT2D eigenvalue weighted by Crippen LogP contribution is -2.30. The Balaban J connectivity index is 0.00000133. The van der Waals surface area contributed by atoms with Crippen LogP contribution in [0.5, 0.6) is 0 Å². The fourth-order valence-electron chi connectivity index (χ4n) is 2.83. The number of halogens is 1. The Labute approximate surface area is 121 Å². The van der Waals surface area contributed by atoms with E-state index in [9.17, 15) is 0 Å². The van der Waals surface area contributed by atoms with Gasteiger partial charge in [0, 0.05) is 12.1 Å². The van der Waals surface area contributed by atoms with Gasteiger partial charge in [0.15, 0.2) is 0 Å². The molecule has 0 radical (unpaired) electrons. The fraction of sp³-hybridized carbons (Fsp3) is 0.294. The van der Waals surface area contributed by atoms with Crippen LogP contribution in [0.4, 0.5) is 0 Å². The molecule has 1 heterocycles. The highest BCUT2D eigenvalue weighted by molar-refractivity contribution is 5.85. The number of rotatable bonds is 2. The van der Waals surface area contributed by atoms with E-state index >= 15 is 0 Å². The first-order valence-corrected chi connectivity index (χ1v) is 6.79. The monoisotopic (exact) mass is 273 g/mol. The van der Waals surface area contributed by atoms with E-state index in [1.807, 2.05) is 0 Å². The first kappa shape index (κ1) is 14.1. The minimum absolute atomic E-state index is 0. The molecule has 1 fully saturated rings. The summed E-state index contributed by atoms with van der Waals surface area (Å²) in [7, 11) is 0. The second-order valence-electron chi connectivity index (χ2n) is 5.02. The van der Waals surface area contributed by atoms with E-state index in [0.717, 1.165) is 0 Å². The lowest BCUT2D eigenvalue weighted by molar-refractivity contribution is 0.330. The fourth-order valence-corrected chi connectivity index (χ4v) is 2.83. The second kappa shape index (κ2) is 6.74. The molecule has 0 bridgehead atoms. The van der Waals surface area contributed by atoms with Crippen molar-refractivity contribution in [3.8, 4) is 0 Å². The summed E-state index contributed by atoms with van der Waals surface area (Å²) in [6.07, 6.45) is 3.78. The Morgan fingerprint density at radius 2 is 1.11 bits per heavy atom. The van der Waals surface area contributed by atoms with Crippen LogP contribution in [0.2, 0.25) is 0 Å². The Hall–Kier alpha value is -1.31. The third-order valence-corrected chi connectivity index (χ3v) is 3.79.